The molecule has 0 aromatic heterocycles. The number of carbonyl (C=O) groups is 2. The quantitative estimate of drug-likeness (QED) is 0.163. The molecule has 7 nitrogen and oxygen atoms in total. The van der Waals surface area contributed by atoms with Crippen LogP contribution in [0.25, 0.3) is 6.08 Å². The van der Waals surface area contributed by atoms with Crippen LogP contribution in [0.1, 0.15) is 62.3 Å². The van der Waals surface area contributed by atoms with Crippen LogP contribution in [0.15, 0.2) is 49.1 Å². The van der Waals surface area contributed by atoms with Gasteiger partial charge < -0.3 is 19.1 Å². The van der Waals surface area contributed by atoms with Gasteiger partial charge in [0.2, 0.25) is 5.91 Å². The maximum atomic E-state index is 14.0. The van der Waals surface area contributed by atoms with E-state index in [9.17, 15) is 9.59 Å². The van der Waals surface area contributed by atoms with Crippen molar-refractivity contribution in [2.24, 2.45) is 11.8 Å². The standard InChI is InChI=1S/C36H44N2O5/c1-7-16-37-17-15-36-27-12-13-28(38(21-22(2)3)32(40)14-11-25-10-8-9-23(4)18-25)35(36)43-34-31(41-6)20-30(42-24(5)39)26(33(34)36)19-29(27)37/h7-11,14,18,20,22,27-29,35H,1,12-13,15-17,19,21H2,2-6H3/t27-,28-,29+,35-,36-/m0/s1. The SMILES string of the molecule is C=CCN1CC[C@]23c4c5c(OC(C)=O)cc(OC)c4O[C@H]2[C@@H](N(CC(C)C)C(=O)C=Cc2cccc(C)c2)CC[C@H]3[C@H]1C5. The number of esters is 1. The van der Waals surface area contributed by atoms with Gasteiger partial charge in [-0.1, -0.05) is 49.8 Å². The minimum atomic E-state index is -0.350. The van der Waals surface area contributed by atoms with Gasteiger partial charge in [-0.25, -0.2) is 0 Å². The molecule has 2 aromatic carbocycles. The van der Waals surface area contributed by atoms with E-state index in [1.54, 1.807) is 13.2 Å². The third kappa shape index (κ3) is 4.95. The lowest BCUT2D eigenvalue weighted by molar-refractivity contribution is -0.138. The van der Waals surface area contributed by atoms with Crippen molar-refractivity contribution in [2.45, 2.75) is 77.0 Å². The van der Waals surface area contributed by atoms with Gasteiger partial charge in [0.1, 0.15) is 11.9 Å². The molecule has 228 valence electrons. The number of amides is 1. The van der Waals surface area contributed by atoms with Crippen LogP contribution in [0.2, 0.25) is 0 Å². The molecule has 43 heavy (non-hydrogen) atoms. The van der Waals surface area contributed by atoms with Gasteiger partial charge in [0.15, 0.2) is 11.5 Å². The third-order valence-electron chi connectivity index (χ3n) is 10.0. The number of ether oxygens (including phenoxy) is 3. The predicted molar refractivity (Wildman–Crippen MR) is 168 cm³/mol. The molecular formula is C36H44N2O5. The Balaban J connectivity index is 1.45. The molecule has 7 heteroatoms. The number of methoxy groups -OCH3 is 1. The Morgan fingerprint density at radius 1 is 1.23 bits per heavy atom. The number of carbonyl (C=O) groups excluding carboxylic acids is 2. The predicted octanol–water partition coefficient (Wildman–Crippen LogP) is 5.72. The summed E-state index contributed by atoms with van der Waals surface area (Å²) in [5.41, 5.74) is 4.07. The van der Waals surface area contributed by atoms with Crippen LogP contribution in [0, 0.1) is 18.8 Å². The van der Waals surface area contributed by atoms with Crippen molar-refractivity contribution in [3.05, 3.63) is 71.3 Å². The van der Waals surface area contributed by atoms with Gasteiger partial charge in [0, 0.05) is 54.7 Å². The number of benzene rings is 2. The summed E-state index contributed by atoms with van der Waals surface area (Å²) < 4.78 is 18.7. The first-order valence-corrected chi connectivity index (χ1v) is 15.7. The van der Waals surface area contributed by atoms with Crippen LogP contribution in [0.4, 0.5) is 0 Å². The summed E-state index contributed by atoms with van der Waals surface area (Å²) in [7, 11) is 1.64. The van der Waals surface area contributed by atoms with E-state index in [-0.39, 0.29) is 35.5 Å². The second kappa shape index (κ2) is 11.5. The fourth-order valence-electron chi connectivity index (χ4n) is 8.57. The molecule has 2 aromatic rings. The van der Waals surface area contributed by atoms with Crippen molar-refractivity contribution in [1.82, 2.24) is 9.80 Å². The zero-order valence-electron chi connectivity index (χ0n) is 26.1. The molecule has 0 N–H and O–H groups in total. The average molecular weight is 585 g/mol. The Hall–Kier alpha value is -3.58. The van der Waals surface area contributed by atoms with Gasteiger partial charge in [-0.15, -0.1) is 6.58 Å². The number of nitrogens with zero attached hydrogens (tertiary/aromatic N) is 2. The summed E-state index contributed by atoms with van der Waals surface area (Å²) in [6.45, 7) is 14.2. The van der Waals surface area contributed by atoms with Crippen LogP contribution >= 0.6 is 0 Å². The first kappa shape index (κ1) is 29.5. The first-order valence-electron chi connectivity index (χ1n) is 15.7. The molecule has 2 aliphatic carbocycles. The molecule has 5 atom stereocenters. The highest BCUT2D eigenvalue weighted by atomic mass is 16.5. The molecule has 2 aliphatic heterocycles. The largest absolute Gasteiger partial charge is 0.493 e. The van der Waals surface area contributed by atoms with Gasteiger partial charge in [0.25, 0.3) is 0 Å². The van der Waals surface area contributed by atoms with Crippen LogP contribution in [-0.4, -0.2) is 66.6 Å². The Morgan fingerprint density at radius 2 is 2.05 bits per heavy atom. The highest BCUT2D eigenvalue weighted by Crippen LogP contribution is 2.65. The Kier molecular flexibility index (Phi) is 7.88. The monoisotopic (exact) mass is 584 g/mol. The van der Waals surface area contributed by atoms with E-state index < -0.39 is 0 Å². The van der Waals surface area contributed by atoms with Crippen LogP contribution in [0.5, 0.6) is 17.2 Å². The summed E-state index contributed by atoms with van der Waals surface area (Å²) >= 11 is 0. The number of aryl methyl sites for hydroxylation is 1. The van der Waals surface area contributed by atoms with Crippen molar-refractivity contribution in [3.63, 3.8) is 0 Å². The second-order valence-electron chi connectivity index (χ2n) is 13.1. The zero-order chi connectivity index (χ0) is 30.5. The minimum absolute atomic E-state index is 0.0128. The van der Waals surface area contributed by atoms with Crippen LogP contribution in [0.3, 0.4) is 0 Å². The number of rotatable bonds is 9. The average Bonchev–Trinajstić information content (AvgIpc) is 3.31. The Labute approximate surface area is 255 Å². The van der Waals surface area contributed by atoms with E-state index in [1.165, 1.54) is 6.92 Å². The lowest BCUT2D eigenvalue weighted by atomic mass is 9.50. The smallest absolute Gasteiger partial charge is 0.308 e. The zero-order valence-corrected chi connectivity index (χ0v) is 26.1. The molecular weight excluding hydrogens is 540 g/mol. The number of hydrogen-bond acceptors (Lipinski definition) is 6. The van der Waals surface area contributed by atoms with Crippen molar-refractivity contribution in [2.75, 3.05) is 26.7 Å². The van der Waals surface area contributed by atoms with E-state index in [0.717, 1.165) is 66.8 Å². The lowest BCUT2D eigenvalue weighted by Crippen LogP contribution is -2.69. The van der Waals surface area contributed by atoms with E-state index in [0.29, 0.717) is 29.9 Å². The molecule has 2 bridgehead atoms. The molecule has 2 fully saturated rings. The van der Waals surface area contributed by atoms with Crippen LogP contribution in [-0.2, 0) is 21.4 Å². The van der Waals surface area contributed by atoms with Crippen molar-refractivity contribution < 1.29 is 23.8 Å². The molecule has 4 aliphatic rings. The molecule has 1 saturated carbocycles. The van der Waals surface area contributed by atoms with Gasteiger partial charge in [0.05, 0.1) is 13.2 Å². The summed E-state index contributed by atoms with van der Waals surface area (Å²) in [5.74, 6) is 2.23. The number of piperidine rings is 1. The van der Waals surface area contributed by atoms with Gasteiger partial charge in [-0.05, 0) is 62.6 Å². The van der Waals surface area contributed by atoms with Crippen molar-refractivity contribution in [1.29, 1.82) is 0 Å². The lowest BCUT2D eigenvalue weighted by Gasteiger charge is -2.60. The fraction of sp³-hybridized carbons (Fsp3) is 0.500. The van der Waals surface area contributed by atoms with Crippen molar-refractivity contribution in [3.8, 4) is 17.2 Å². The summed E-state index contributed by atoms with van der Waals surface area (Å²) in [6.07, 6.45) is 8.96. The Bertz CT molecular complexity index is 1460. The molecule has 1 saturated heterocycles. The van der Waals surface area contributed by atoms with Crippen LogP contribution < -0.4 is 14.2 Å². The minimum Gasteiger partial charge on any atom is -0.493 e. The maximum absolute atomic E-state index is 14.0. The van der Waals surface area contributed by atoms with Crippen molar-refractivity contribution >= 4 is 18.0 Å². The molecule has 2 heterocycles. The van der Waals surface area contributed by atoms with Gasteiger partial charge >= 0.3 is 5.97 Å². The third-order valence-corrected chi connectivity index (χ3v) is 10.0. The number of hydrogen-bond donors (Lipinski definition) is 0. The van der Waals surface area contributed by atoms with Gasteiger partial charge in [-0.2, -0.15) is 0 Å². The summed E-state index contributed by atoms with van der Waals surface area (Å²) in [6, 6.07) is 10.2. The molecule has 1 amide bonds. The normalized spacial score (nSPS) is 27.0. The molecule has 0 radical (unpaired) electrons. The number of likely N-dealkylation sites (tertiary alicyclic amines) is 1. The first-order chi connectivity index (χ1) is 20.7. The van der Waals surface area contributed by atoms with E-state index in [1.807, 2.05) is 30.4 Å². The molecule has 0 unspecified atom stereocenters. The fourth-order valence-corrected chi connectivity index (χ4v) is 8.57. The summed E-state index contributed by atoms with van der Waals surface area (Å²) in [5, 5.41) is 0. The molecule has 6 rings (SSSR count). The van der Waals surface area contributed by atoms with E-state index in [2.05, 4.69) is 49.3 Å². The highest BCUT2D eigenvalue weighted by Gasteiger charge is 2.67. The summed E-state index contributed by atoms with van der Waals surface area (Å²) in [4.78, 5) is 30.9. The maximum Gasteiger partial charge on any atom is 0.308 e. The Morgan fingerprint density at radius 3 is 2.74 bits per heavy atom. The highest BCUT2D eigenvalue weighted by molar-refractivity contribution is 5.92. The second-order valence-corrected chi connectivity index (χ2v) is 13.1. The topological polar surface area (TPSA) is 68.3 Å². The van der Waals surface area contributed by atoms with E-state index in [4.69, 9.17) is 14.2 Å². The van der Waals surface area contributed by atoms with E-state index >= 15 is 0 Å². The molecule has 1 spiro atoms. The van der Waals surface area contributed by atoms with Gasteiger partial charge in [-0.3, -0.25) is 14.5 Å².